The number of tetrazole rings is 1. The first-order valence-electron chi connectivity index (χ1n) is 14.3. The van der Waals surface area contributed by atoms with Crippen molar-refractivity contribution in [3.05, 3.63) is 70.7 Å². The van der Waals surface area contributed by atoms with Gasteiger partial charge < -0.3 is 0 Å². The number of pyridine rings is 1. The fraction of sp³-hybridized carbons (Fsp3) is 0.500. The lowest BCUT2D eigenvalue weighted by atomic mass is 9.85. The topological polar surface area (TPSA) is 94.3 Å². The van der Waals surface area contributed by atoms with E-state index in [2.05, 4.69) is 51.3 Å². The van der Waals surface area contributed by atoms with E-state index in [0.29, 0.717) is 24.3 Å². The van der Waals surface area contributed by atoms with Crippen LogP contribution in [0.4, 0.5) is 0 Å². The van der Waals surface area contributed by atoms with Crippen LogP contribution in [0.25, 0.3) is 22.5 Å². The number of rotatable bonds is 9. The number of imidazole rings is 1. The monoisotopic (exact) mass is 513 g/mol. The quantitative estimate of drug-likeness (QED) is 0.287. The average Bonchev–Trinajstić information content (AvgIpc) is 3.57. The van der Waals surface area contributed by atoms with Crippen molar-refractivity contribution in [1.29, 1.82) is 0 Å². The van der Waals surface area contributed by atoms with E-state index in [1.165, 1.54) is 32.1 Å². The highest BCUT2D eigenvalue weighted by Crippen LogP contribution is 2.34. The number of aromatic nitrogens is 7. The van der Waals surface area contributed by atoms with Crippen molar-refractivity contribution >= 4 is 0 Å². The molecule has 1 aliphatic rings. The zero-order chi connectivity index (χ0) is 26.3. The second kappa shape index (κ2) is 12.3. The fourth-order valence-electron chi connectivity index (χ4n) is 5.94. The lowest BCUT2D eigenvalue weighted by molar-refractivity contribution is 0.249. The molecule has 1 fully saturated rings. The fourth-order valence-corrected chi connectivity index (χ4v) is 5.94. The van der Waals surface area contributed by atoms with Gasteiger partial charge in [0.25, 0.3) is 0 Å². The SMILES string of the molecule is CCCCc1cn(C2CCCCCCC2CC)c(=O)n1Cc1ccc(-c2ccccc2-c2nn[nH]n2)cn1. The number of benzene rings is 1. The standard InChI is InChI=1S/C30H39N7O/c1-3-5-13-25-21-37(28-16-9-7-6-8-12-22(28)4-2)30(38)36(25)20-24-18-17-23(19-31-24)26-14-10-11-15-27(26)29-32-34-35-33-29/h10-11,14-15,17-19,21-22,28H,3-9,12-13,16,20H2,1-2H3,(H,32,33,34,35). The highest BCUT2D eigenvalue weighted by atomic mass is 16.1. The Morgan fingerprint density at radius 3 is 2.53 bits per heavy atom. The summed E-state index contributed by atoms with van der Waals surface area (Å²) in [6.07, 6.45) is 15.7. The minimum Gasteiger partial charge on any atom is -0.296 e. The highest BCUT2D eigenvalue weighted by molar-refractivity contribution is 5.79. The molecule has 0 spiro atoms. The zero-order valence-corrected chi connectivity index (χ0v) is 22.6. The van der Waals surface area contributed by atoms with Gasteiger partial charge in [-0.05, 0) is 48.4 Å². The first-order chi connectivity index (χ1) is 18.7. The van der Waals surface area contributed by atoms with Crippen LogP contribution in [0.1, 0.15) is 89.1 Å². The van der Waals surface area contributed by atoms with E-state index in [0.717, 1.165) is 60.2 Å². The first-order valence-corrected chi connectivity index (χ1v) is 14.3. The predicted octanol–water partition coefficient (Wildman–Crippen LogP) is 6.20. The Hall–Kier alpha value is -3.55. The zero-order valence-electron chi connectivity index (χ0n) is 22.6. The van der Waals surface area contributed by atoms with Crippen molar-refractivity contribution in [3.8, 4) is 22.5 Å². The summed E-state index contributed by atoms with van der Waals surface area (Å²) in [5.74, 6) is 1.12. The maximum atomic E-state index is 13.9. The number of unbranched alkanes of at least 4 members (excludes halogenated alkanes) is 1. The summed E-state index contributed by atoms with van der Waals surface area (Å²) < 4.78 is 4.05. The molecular weight excluding hydrogens is 474 g/mol. The summed E-state index contributed by atoms with van der Waals surface area (Å²) in [7, 11) is 0. The molecule has 0 aliphatic heterocycles. The third kappa shape index (κ3) is 5.64. The van der Waals surface area contributed by atoms with E-state index in [1.807, 2.05) is 41.1 Å². The molecule has 5 rings (SSSR count). The lowest BCUT2D eigenvalue weighted by Gasteiger charge is -2.29. The molecule has 8 nitrogen and oxygen atoms in total. The summed E-state index contributed by atoms with van der Waals surface area (Å²) >= 11 is 0. The minimum atomic E-state index is 0.119. The van der Waals surface area contributed by atoms with Crippen molar-refractivity contribution < 1.29 is 0 Å². The van der Waals surface area contributed by atoms with Gasteiger partial charge >= 0.3 is 5.69 Å². The number of aromatic amines is 1. The van der Waals surface area contributed by atoms with Gasteiger partial charge in [-0.25, -0.2) is 4.79 Å². The Morgan fingerprint density at radius 1 is 1.00 bits per heavy atom. The van der Waals surface area contributed by atoms with Crippen LogP contribution < -0.4 is 5.69 Å². The van der Waals surface area contributed by atoms with E-state index in [4.69, 9.17) is 4.98 Å². The molecule has 4 aromatic rings. The van der Waals surface area contributed by atoms with E-state index in [9.17, 15) is 4.79 Å². The van der Waals surface area contributed by atoms with Crippen LogP contribution in [-0.2, 0) is 13.0 Å². The molecule has 0 saturated heterocycles. The Bertz CT molecular complexity index is 1350. The van der Waals surface area contributed by atoms with Gasteiger partial charge in [0.1, 0.15) is 0 Å². The van der Waals surface area contributed by atoms with Crippen LogP contribution in [0.3, 0.4) is 0 Å². The predicted molar refractivity (Wildman–Crippen MR) is 150 cm³/mol. The Morgan fingerprint density at radius 2 is 1.82 bits per heavy atom. The van der Waals surface area contributed by atoms with Gasteiger partial charge in [0.05, 0.1) is 12.2 Å². The lowest BCUT2D eigenvalue weighted by Crippen LogP contribution is -2.32. The molecule has 8 heteroatoms. The van der Waals surface area contributed by atoms with Gasteiger partial charge in [0.2, 0.25) is 5.82 Å². The number of aryl methyl sites for hydroxylation is 1. The Kier molecular flexibility index (Phi) is 8.46. The van der Waals surface area contributed by atoms with E-state index < -0.39 is 0 Å². The number of nitrogens with one attached hydrogen (secondary N) is 1. The van der Waals surface area contributed by atoms with E-state index in [1.54, 1.807) is 0 Å². The largest absolute Gasteiger partial charge is 0.328 e. The molecule has 2 unspecified atom stereocenters. The van der Waals surface area contributed by atoms with Crippen molar-refractivity contribution in [3.63, 3.8) is 0 Å². The van der Waals surface area contributed by atoms with Crippen LogP contribution in [0.15, 0.2) is 53.6 Å². The molecule has 3 heterocycles. The smallest absolute Gasteiger partial charge is 0.296 e. The molecule has 38 heavy (non-hydrogen) atoms. The molecule has 2 atom stereocenters. The summed E-state index contributed by atoms with van der Waals surface area (Å²) in [6, 6.07) is 12.4. The summed E-state index contributed by atoms with van der Waals surface area (Å²) in [5.41, 5.74) is 5.00. The maximum absolute atomic E-state index is 13.9. The van der Waals surface area contributed by atoms with Crippen molar-refractivity contribution in [1.82, 2.24) is 34.7 Å². The summed E-state index contributed by atoms with van der Waals surface area (Å²) in [6.45, 7) is 4.97. The van der Waals surface area contributed by atoms with Gasteiger partial charge in [-0.2, -0.15) is 5.21 Å². The molecule has 0 radical (unpaired) electrons. The number of H-pyrrole nitrogens is 1. The van der Waals surface area contributed by atoms with E-state index >= 15 is 0 Å². The molecule has 200 valence electrons. The number of hydrogen-bond acceptors (Lipinski definition) is 5. The molecule has 0 bridgehead atoms. The first kappa shape index (κ1) is 26.1. The Labute approximate surface area is 224 Å². The molecule has 1 N–H and O–H groups in total. The second-order valence-electron chi connectivity index (χ2n) is 10.5. The van der Waals surface area contributed by atoms with Crippen LogP contribution in [-0.4, -0.2) is 34.7 Å². The molecule has 1 saturated carbocycles. The second-order valence-corrected chi connectivity index (χ2v) is 10.5. The van der Waals surface area contributed by atoms with Crippen molar-refractivity contribution in [2.45, 2.75) is 90.6 Å². The van der Waals surface area contributed by atoms with Crippen LogP contribution in [0, 0.1) is 5.92 Å². The average molecular weight is 514 g/mol. The Balaban J connectivity index is 1.44. The summed E-state index contributed by atoms with van der Waals surface area (Å²) in [5, 5.41) is 14.5. The molecule has 1 aliphatic carbocycles. The molecule has 3 aromatic heterocycles. The van der Waals surface area contributed by atoms with Gasteiger partial charge in [-0.15, -0.1) is 10.2 Å². The minimum absolute atomic E-state index is 0.119. The van der Waals surface area contributed by atoms with Crippen LogP contribution >= 0.6 is 0 Å². The summed E-state index contributed by atoms with van der Waals surface area (Å²) in [4.78, 5) is 18.6. The highest BCUT2D eigenvalue weighted by Gasteiger charge is 2.26. The number of nitrogens with zero attached hydrogens (tertiary/aromatic N) is 6. The van der Waals surface area contributed by atoms with E-state index in [-0.39, 0.29) is 5.69 Å². The van der Waals surface area contributed by atoms with Crippen LogP contribution in [0.5, 0.6) is 0 Å². The van der Waals surface area contributed by atoms with Gasteiger partial charge in [0.15, 0.2) is 0 Å². The molecule has 0 amide bonds. The molecular formula is C30H39N7O. The third-order valence-corrected chi connectivity index (χ3v) is 8.09. The van der Waals surface area contributed by atoms with Gasteiger partial charge in [0, 0.05) is 35.3 Å². The maximum Gasteiger partial charge on any atom is 0.328 e. The molecule has 1 aromatic carbocycles. The number of hydrogen-bond donors (Lipinski definition) is 1. The van der Waals surface area contributed by atoms with Crippen molar-refractivity contribution in [2.75, 3.05) is 0 Å². The third-order valence-electron chi connectivity index (χ3n) is 8.09. The normalized spacial score (nSPS) is 18.3. The van der Waals surface area contributed by atoms with Crippen molar-refractivity contribution in [2.24, 2.45) is 5.92 Å². The van der Waals surface area contributed by atoms with Gasteiger partial charge in [-0.3, -0.25) is 14.1 Å². The van der Waals surface area contributed by atoms with Gasteiger partial charge in [-0.1, -0.05) is 82.7 Å². The van der Waals surface area contributed by atoms with Crippen LogP contribution in [0.2, 0.25) is 0 Å².